The molecule has 0 radical (unpaired) electrons. The van der Waals surface area contributed by atoms with Crippen LogP contribution in [0.25, 0.3) is 0 Å². The highest BCUT2D eigenvalue weighted by atomic mass is 35.5. The quantitative estimate of drug-likeness (QED) is 0.848. The van der Waals surface area contributed by atoms with Gasteiger partial charge in [-0.15, -0.1) is 0 Å². The van der Waals surface area contributed by atoms with Crippen LogP contribution in [-0.4, -0.2) is 14.2 Å². The topological polar surface area (TPSA) is 72.2 Å². The van der Waals surface area contributed by atoms with Crippen LogP contribution in [0.15, 0.2) is 47.4 Å². The summed E-state index contributed by atoms with van der Waals surface area (Å²) in [4.78, 5) is 0.309. The Balaban J connectivity index is 2.25. The smallest absolute Gasteiger partial charge is 0.178 e. The van der Waals surface area contributed by atoms with Crippen LogP contribution < -0.4 is 11.1 Å². The van der Waals surface area contributed by atoms with E-state index in [1.165, 1.54) is 0 Å². The minimum Gasteiger partial charge on any atom is -0.399 e. The third kappa shape index (κ3) is 3.23. The van der Waals surface area contributed by atoms with Crippen LogP contribution in [-0.2, 0) is 9.84 Å². The van der Waals surface area contributed by atoms with Gasteiger partial charge in [0.2, 0.25) is 0 Å². The van der Waals surface area contributed by atoms with Gasteiger partial charge in [0.05, 0.1) is 21.4 Å². The van der Waals surface area contributed by atoms with E-state index in [1.807, 2.05) is 0 Å². The SMILES string of the molecule is CCS(=O)(=O)c1ccc(Nc2cc(N)ccc2Cl)cc1. The molecule has 2 aromatic carbocycles. The van der Waals surface area contributed by atoms with Crippen molar-refractivity contribution in [1.82, 2.24) is 0 Å². The number of halogens is 1. The van der Waals surface area contributed by atoms with Crippen LogP contribution in [0.3, 0.4) is 0 Å². The highest BCUT2D eigenvalue weighted by molar-refractivity contribution is 7.91. The zero-order chi connectivity index (χ0) is 14.8. The van der Waals surface area contributed by atoms with Crippen LogP contribution in [0.1, 0.15) is 6.92 Å². The van der Waals surface area contributed by atoms with Crippen LogP contribution in [0.5, 0.6) is 0 Å². The zero-order valence-electron chi connectivity index (χ0n) is 10.9. The molecule has 4 nitrogen and oxygen atoms in total. The zero-order valence-corrected chi connectivity index (χ0v) is 12.5. The van der Waals surface area contributed by atoms with Gasteiger partial charge in [-0.05, 0) is 42.5 Å². The summed E-state index contributed by atoms with van der Waals surface area (Å²) in [5, 5.41) is 3.65. The van der Waals surface area contributed by atoms with Gasteiger partial charge < -0.3 is 11.1 Å². The van der Waals surface area contributed by atoms with Crippen molar-refractivity contribution in [3.8, 4) is 0 Å². The van der Waals surface area contributed by atoms with Crippen molar-refractivity contribution in [2.45, 2.75) is 11.8 Å². The molecule has 0 aliphatic heterocycles. The Labute approximate surface area is 123 Å². The van der Waals surface area contributed by atoms with Gasteiger partial charge in [0.25, 0.3) is 0 Å². The average Bonchev–Trinajstić information content (AvgIpc) is 2.43. The Hall–Kier alpha value is -1.72. The van der Waals surface area contributed by atoms with E-state index in [9.17, 15) is 8.42 Å². The number of hydrogen-bond acceptors (Lipinski definition) is 4. The molecule has 0 amide bonds. The van der Waals surface area contributed by atoms with Crippen LogP contribution in [0, 0.1) is 0 Å². The molecule has 6 heteroatoms. The monoisotopic (exact) mass is 310 g/mol. The lowest BCUT2D eigenvalue weighted by atomic mass is 10.2. The molecule has 0 saturated carbocycles. The lowest BCUT2D eigenvalue weighted by Gasteiger charge is -2.10. The van der Waals surface area contributed by atoms with Gasteiger partial charge >= 0.3 is 0 Å². The van der Waals surface area contributed by atoms with Crippen molar-refractivity contribution in [2.24, 2.45) is 0 Å². The van der Waals surface area contributed by atoms with Crippen LogP contribution >= 0.6 is 11.6 Å². The minimum absolute atomic E-state index is 0.0841. The second kappa shape index (κ2) is 5.73. The second-order valence-electron chi connectivity index (χ2n) is 4.29. The molecule has 0 aromatic heterocycles. The number of benzene rings is 2. The molecule has 20 heavy (non-hydrogen) atoms. The molecule has 0 heterocycles. The first-order chi connectivity index (χ1) is 9.42. The first-order valence-electron chi connectivity index (χ1n) is 6.07. The van der Waals surface area contributed by atoms with E-state index in [2.05, 4.69) is 5.32 Å². The molecule has 0 bridgehead atoms. The largest absolute Gasteiger partial charge is 0.399 e. The number of nitrogens with one attached hydrogen (secondary N) is 1. The van der Waals surface area contributed by atoms with Gasteiger partial charge in [-0.25, -0.2) is 8.42 Å². The van der Waals surface area contributed by atoms with Gasteiger partial charge in [0, 0.05) is 11.4 Å². The van der Waals surface area contributed by atoms with Crippen molar-refractivity contribution in [3.05, 3.63) is 47.5 Å². The van der Waals surface area contributed by atoms with Crippen LogP contribution in [0.4, 0.5) is 17.1 Å². The minimum atomic E-state index is -3.18. The maximum Gasteiger partial charge on any atom is 0.178 e. The maximum atomic E-state index is 11.7. The third-order valence-electron chi connectivity index (χ3n) is 2.86. The molecule has 0 unspecified atom stereocenters. The summed E-state index contributed by atoms with van der Waals surface area (Å²) >= 11 is 6.06. The average molecular weight is 311 g/mol. The lowest BCUT2D eigenvalue weighted by Crippen LogP contribution is -2.03. The van der Waals surface area contributed by atoms with Crippen molar-refractivity contribution in [3.63, 3.8) is 0 Å². The fourth-order valence-corrected chi connectivity index (χ4v) is 2.76. The second-order valence-corrected chi connectivity index (χ2v) is 6.98. The predicted octanol–water partition coefficient (Wildman–Crippen LogP) is 3.46. The molecular formula is C14H15ClN2O2S. The normalized spacial score (nSPS) is 11.3. The molecule has 0 spiro atoms. The van der Waals surface area contributed by atoms with Crippen molar-refractivity contribution >= 4 is 38.5 Å². The summed E-state index contributed by atoms with van der Waals surface area (Å²) in [6.45, 7) is 1.62. The highest BCUT2D eigenvalue weighted by Crippen LogP contribution is 2.28. The first-order valence-corrected chi connectivity index (χ1v) is 8.10. The van der Waals surface area contributed by atoms with E-state index in [0.717, 1.165) is 5.69 Å². The van der Waals surface area contributed by atoms with E-state index in [0.29, 0.717) is 21.3 Å². The number of nitrogens with two attached hydrogens (primary N) is 1. The fraction of sp³-hybridized carbons (Fsp3) is 0.143. The molecule has 0 aliphatic carbocycles. The Morgan fingerprint density at radius 1 is 1.15 bits per heavy atom. The molecule has 2 rings (SSSR count). The molecule has 0 fully saturated rings. The van der Waals surface area contributed by atoms with Gasteiger partial charge in [0.1, 0.15) is 0 Å². The summed E-state index contributed by atoms with van der Waals surface area (Å²) in [5.41, 5.74) is 7.72. The van der Waals surface area contributed by atoms with Gasteiger partial charge in [-0.3, -0.25) is 0 Å². The van der Waals surface area contributed by atoms with Gasteiger partial charge in [-0.1, -0.05) is 18.5 Å². The Morgan fingerprint density at radius 2 is 1.80 bits per heavy atom. The Morgan fingerprint density at radius 3 is 2.40 bits per heavy atom. The summed E-state index contributed by atoms with van der Waals surface area (Å²) in [6, 6.07) is 11.7. The standard InChI is InChI=1S/C14H15ClN2O2S/c1-2-20(18,19)12-6-4-11(5-7-12)17-14-9-10(16)3-8-13(14)15/h3-9,17H,2,16H2,1H3. The highest BCUT2D eigenvalue weighted by Gasteiger charge is 2.11. The van der Waals surface area contributed by atoms with E-state index in [-0.39, 0.29) is 5.75 Å². The molecule has 2 aromatic rings. The Kier molecular flexibility index (Phi) is 4.20. The van der Waals surface area contributed by atoms with E-state index >= 15 is 0 Å². The fourth-order valence-electron chi connectivity index (χ4n) is 1.71. The molecule has 3 N–H and O–H groups in total. The molecule has 0 aliphatic rings. The van der Waals surface area contributed by atoms with E-state index < -0.39 is 9.84 Å². The van der Waals surface area contributed by atoms with E-state index in [1.54, 1.807) is 49.4 Å². The van der Waals surface area contributed by atoms with E-state index in [4.69, 9.17) is 17.3 Å². The number of anilines is 3. The lowest BCUT2D eigenvalue weighted by molar-refractivity contribution is 0.597. The van der Waals surface area contributed by atoms with Crippen molar-refractivity contribution in [1.29, 1.82) is 0 Å². The number of sulfone groups is 1. The number of hydrogen-bond donors (Lipinski definition) is 2. The van der Waals surface area contributed by atoms with Gasteiger partial charge in [0.15, 0.2) is 9.84 Å². The Bertz CT molecular complexity index is 712. The summed E-state index contributed by atoms with van der Waals surface area (Å²) in [5.74, 6) is 0.0841. The third-order valence-corrected chi connectivity index (χ3v) is 4.94. The van der Waals surface area contributed by atoms with Crippen LogP contribution in [0.2, 0.25) is 5.02 Å². The summed E-state index contributed by atoms with van der Waals surface area (Å²) < 4.78 is 23.4. The molecule has 0 saturated heterocycles. The van der Waals surface area contributed by atoms with Gasteiger partial charge in [-0.2, -0.15) is 0 Å². The molecule has 0 atom stereocenters. The number of nitrogen functional groups attached to an aromatic ring is 1. The summed E-state index contributed by atoms with van der Waals surface area (Å²) in [7, 11) is -3.18. The van der Waals surface area contributed by atoms with Crippen molar-refractivity contribution in [2.75, 3.05) is 16.8 Å². The maximum absolute atomic E-state index is 11.7. The molecule has 106 valence electrons. The van der Waals surface area contributed by atoms with Crippen molar-refractivity contribution < 1.29 is 8.42 Å². The number of rotatable bonds is 4. The first kappa shape index (κ1) is 14.7. The molecular weight excluding hydrogens is 296 g/mol. The summed E-state index contributed by atoms with van der Waals surface area (Å²) in [6.07, 6.45) is 0. The predicted molar refractivity (Wildman–Crippen MR) is 83.3 cm³/mol.